The van der Waals surface area contributed by atoms with Gasteiger partial charge in [-0.25, -0.2) is 0 Å². The van der Waals surface area contributed by atoms with E-state index in [4.69, 9.17) is 4.74 Å². The lowest BCUT2D eigenvalue weighted by Crippen LogP contribution is -2.30. The zero-order valence-corrected chi connectivity index (χ0v) is 12.4. The van der Waals surface area contributed by atoms with E-state index in [0.717, 1.165) is 12.0 Å². The van der Waals surface area contributed by atoms with Gasteiger partial charge in [-0.1, -0.05) is 38.1 Å². The second kappa shape index (κ2) is 7.95. The number of carbonyl (C=O) groups excluding carboxylic acids is 1. The number of nitrogens with one attached hydrogen (secondary N) is 1. The Labute approximate surface area is 116 Å². The molecule has 3 nitrogen and oxygen atoms in total. The van der Waals surface area contributed by atoms with Gasteiger partial charge in [0.1, 0.15) is 0 Å². The Morgan fingerprint density at radius 2 is 1.84 bits per heavy atom. The largest absolute Gasteiger partial charge is 0.383 e. The Morgan fingerprint density at radius 3 is 2.37 bits per heavy atom. The third-order valence-electron chi connectivity index (χ3n) is 3.12. The lowest BCUT2D eigenvalue weighted by molar-refractivity contribution is -0.122. The molecule has 19 heavy (non-hydrogen) atoms. The highest BCUT2D eigenvalue weighted by atomic mass is 16.5. The fraction of sp³-hybridized carbons (Fsp3) is 0.562. The van der Waals surface area contributed by atoms with Crippen LogP contribution in [0.3, 0.4) is 0 Å². The molecule has 1 rings (SSSR count). The summed E-state index contributed by atoms with van der Waals surface area (Å²) in [5, 5.41) is 2.86. The number of benzene rings is 1. The molecule has 1 N–H and O–H groups in total. The third kappa shape index (κ3) is 5.43. The first kappa shape index (κ1) is 15.7. The predicted molar refractivity (Wildman–Crippen MR) is 78.3 cm³/mol. The summed E-state index contributed by atoms with van der Waals surface area (Å²) in [6, 6.07) is 8.35. The normalized spacial score (nSPS) is 12.5. The summed E-state index contributed by atoms with van der Waals surface area (Å²) in [6.07, 6.45) is 1.08. The Kier molecular flexibility index (Phi) is 6.57. The van der Waals surface area contributed by atoms with E-state index in [9.17, 15) is 4.79 Å². The van der Waals surface area contributed by atoms with E-state index < -0.39 is 0 Å². The van der Waals surface area contributed by atoms with E-state index in [1.807, 2.05) is 6.92 Å². The molecule has 0 saturated heterocycles. The van der Waals surface area contributed by atoms with E-state index in [-0.39, 0.29) is 11.8 Å². The van der Waals surface area contributed by atoms with Gasteiger partial charge in [0.25, 0.3) is 0 Å². The van der Waals surface area contributed by atoms with Crippen LogP contribution in [0.4, 0.5) is 0 Å². The summed E-state index contributed by atoms with van der Waals surface area (Å²) in [5.74, 6) is 0.583. The van der Waals surface area contributed by atoms with Crippen LogP contribution in [0, 0.1) is 5.92 Å². The molecule has 0 bridgehead atoms. The molecule has 0 heterocycles. The van der Waals surface area contributed by atoms with Crippen LogP contribution in [0.2, 0.25) is 0 Å². The molecule has 0 aliphatic carbocycles. The second-order valence-corrected chi connectivity index (χ2v) is 5.35. The zero-order chi connectivity index (χ0) is 14.3. The number of amides is 1. The third-order valence-corrected chi connectivity index (χ3v) is 3.12. The van der Waals surface area contributed by atoms with Crippen molar-refractivity contribution >= 4 is 5.91 Å². The van der Waals surface area contributed by atoms with Crippen LogP contribution in [0.15, 0.2) is 24.3 Å². The Morgan fingerprint density at radius 1 is 1.21 bits per heavy atom. The van der Waals surface area contributed by atoms with Gasteiger partial charge in [-0.05, 0) is 30.4 Å². The average Bonchev–Trinajstić information content (AvgIpc) is 2.38. The van der Waals surface area contributed by atoms with Gasteiger partial charge in [0.2, 0.25) is 5.91 Å². The quantitative estimate of drug-likeness (QED) is 0.768. The van der Waals surface area contributed by atoms with E-state index in [1.54, 1.807) is 7.11 Å². The fourth-order valence-corrected chi connectivity index (χ4v) is 1.99. The maximum absolute atomic E-state index is 11.9. The Bertz CT molecular complexity index is 384. The van der Waals surface area contributed by atoms with Crippen molar-refractivity contribution in [1.82, 2.24) is 5.32 Å². The maximum atomic E-state index is 11.9. The highest BCUT2D eigenvalue weighted by molar-refractivity contribution is 5.83. The van der Waals surface area contributed by atoms with Crippen LogP contribution >= 0.6 is 0 Å². The highest BCUT2D eigenvalue weighted by Crippen LogP contribution is 2.17. The van der Waals surface area contributed by atoms with Crippen molar-refractivity contribution in [2.75, 3.05) is 20.3 Å². The van der Waals surface area contributed by atoms with Gasteiger partial charge in [-0.3, -0.25) is 4.79 Å². The van der Waals surface area contributed by atoms with E-state index in [2.05, 4.69) is 43.4 Å². The first-order valence-electron chi connectivity index (χ1n) is 6.90. The van der Waals surface area contributed by atoms with Gasteiger partial charge in [-0.15, -0.1) is 0 Å². The van der Waals surface area contributed by atoms with Gasteiger partial charge in [0.05, 0.1) is 12.5 Å². The van der Waals surface area contributed by atoms with Gasteiger partial charge >= 0.3 is 0 Å². The van der Waals surface area contributed by atoms with E-state index in [0.29, 0.717) is 19.1 Å². The summed E-state index contributed by atoms with van der Waals surface area (Å²) >= 11 is 0. The summed E-state index contributed by atoms with van der Waals surface area (Å²) in [7, 11) is 1.63. The van der Waals surface area contributed by atoms with Crippen molar-refractivity contribution in [2.45, 2.75) is 33.1 Å². The van der Waals surface area contributed by atoms with E-state index in [1.165, 1.54) is 5.56 Å². The van der Waals surface area contributed by atoms with Crippen molar-refractivity contribution in [3.8, 4) is 0 Å². The molecule has 0 saturated carbocycles. The molecular formula is C16H25NO2. The lowest BCUT2D eigenvalue weighted by Gasteiger charge is -2.13. The zero-order valence-electron chi connectivity index (χ0n) is 12.4. The minimum absolute atomic E-state index is 0.0497. The number of hydrogen-bond acceptors (Lipinski definition) is 2. The molecule has 1 aromatic rings. The molecule has 106 valence electrons. The average molecular weight is 263 g/mol. The van der Waals surface area contributed by atoms with Gasteiger partial charge < -0.3 is 10.1 Å². The fourth-order valence-electron chi connectivity index (χ4n) is 1.99. The first-order valence-corrected chi connectivity index (χ1v) is 6.90. The maximum Gasteiger partial charge on any atom is 0.227 e. The molecule has 0 aliphatic heterocycles. The molecule has 3 heteroatoms. The van der Waals surface area contributed by atoms with Crippen LogP contribution < -0.4 is 5.32 Å². The highest BCUT2D eigenvalue weighted by Gasteiger charge is 2.14. The summed E-state index contributed by atoms with van der Waals surface area (Å²) in [4.78, 5) is 11.9. The molecule has 0 spiro atoms. The van der Waals surface area contributed by atoms with E-state index >= 15 is 0 Å². The van der Waals surface area contributed by atoms with Gasteiger partial charge in [0.15, 0.2) is 0 Å². The van der Waals surface area contributed by atoms with Crippen LogP contribution in [0.1, 0.15) is 37.8 Å². The van der Waals surface area contributed by atoms with Crippen LogP contribution in [-0.4, -0.2) is 26.2 Å². The molecule has 1 atom stereocenters. The molecular weight excluding hydrogens is 238 g/mol. The van der Waals surface area contributed by atoms with Crippen molar-refractivity contribution < 1.29 is 9.53 Å². The van der Waals surface area contributed by atoms with Crippen molar-refractivity contribution in [3.05, 3.63) is 35.4 Å². The summed E-state index contributed by atoms with van der Waals surface area (Å²) in [5.41, 5.74) is 2.38. The summed E-state index contributed by atoms with van der Waals surface area (Å²) in [6.45, 7) is 7.45. The molecule has 0 fully saturated rings. The van der Waals surface area contributed by atoms with Crippen molar-refractivity contribution in [3.63, 3.8) is 0 Å². The topological polar surface area (TPSA) is 38.3 Å². The van der Waals surface area contributed by atoms with Crippen LogP contribution in [0.5, 0.6) is 0 Å². The van der Waals surface area contributed by atoms with Crippen LogP contribution in [0.25, 0.3) is 0 Å². The molecule has 1 aromatic carbocycles. The van der Waals surface area contributed by atoms with Crippen molar-refractivity contribution in [2.24, 2.45) is 5.92 Å². The van der Waals surface area contributed by atoms with Crippen LogP contribution in [-0.2, 0) is 16.0 Å². The number of rotatable bonds is 7. The standard InChI is InChI=1S/C16H25NO2/c1-12(2)11-14-5-7-15(8-6-14)13(3)16(18)17-9-10-19-4/h5-8,12-13H,9-11H2,1-4H3,(H,17,18)/t13-/m1/s1. The molecule has 0 unspecified atom stereocenters. The number of carbonyl (C=O) groups is 1. The monoisotopic (exact) mass is 263 g/mol. The second-order valence-electron chi connectivity index (χ2n) is 5.35. The minimum atomic E-state index is -0.120. The number of methoxy groups -OCH3 is 1. The first-order chi connectivity index (χ1) is 9.04. The summed E-state index contributed by atoms with van der Waals surface area (Å²) < 4.78 is 4.92. The van der Waals surface area contributed by atoms with Gasteiger partial charge in [-0.2, -0.15) is 0 Å². The molecule has 0 aliphatic rings. The molecule has 1 amide bonds. The molecule has 0 radical (unpaired) electrons. The predicted octanol–water partition coefficient (Wildman–Crippen LogP) is 2.75. The lowest BCUT2D eigenvalue weighted by atomic mass is 9.96. The van der Waals surface area contributed by atoms with Gasteiger partial charge in [0, 0.05) is 13.7 Å². The SMILES string of the molecule is COCCNC(=O)[C@H](C)c1ccc(CC(C)C)cc1. The minimum Gasteiger partial charge on any atom is -0.383 e. The Balaban J connectivity index is 2.56. The van der Waals surface area contributed by atoms with Crippen molar-refractivity contribution in [1.29, 1.82) is 0 Å². The number of ether oxygens (including phenoxy) is 1. The number of hydrogen-bond donors (Lipinski definition) is 1. The smallest absolute Gasteiger partial charge is 0.227 e. The Hall–Kier alpha value is -1.35. The molecule has 0 aromatic heterocycles.